The average Bonchev–Trinajstić information content (AvgIpc) is 3.32. The van der Waals surface area contributed by atoms with E-state index in [2.05, 4.69) is 31.3 Å². The zero-order valence-electron chi connectivity index (χ0n) is 12.2. The standard InChI is InChI=1S/C13H16BN8/c1-18-9-5-13-22(18)14(19-10-2-6-15-19,20-11-3-7-16-20)21-12-4-8-17-21/h2-8,10-13H,9H2,1H3/q-1. The van der Waals surface area contributed by atoms with Crippen molar-refractivity contribution in [3.8, 4) is 0 Å². The van der Waals surface area contributed by atoms with Crippen molar-refractivity contribution >= 4 is 6.69 Å². The summed E-state index contributed by atoms with van der Waals surface area (Å²) in [5.74, 6) is 0. The van der Waals surface area contributed by atoms with E-state index in [4.69, 9.17) is 0 Å². The molecule has 0 fully saturated rings. The minimum atomic E-state index is -1.75. The van der Waals surface area contributed by atoms with Gasteiger partial charge in [0.2, 0.25) is 0 Å². The first-order chi connectivity index (χ1) is 10.8. The summed E-state index contributed by atoms with van der Waals surface area (Å²) in [6.45, 7) is -0.927. The molecule has 0 unspecified atom stereocenters. The Morgan fingerprint density at radius 3 is 1.64 bits per heavy atom. The molecule has 0 aromatic carbocycles. The minimum absolute atomic E-state index is 0.827. The van der Waals surface area contributed by atoms with Crippen molar-refractivity contribution in [3.63, 3.8) is 0 Å². The first-order valence-corrected chi connectivity index (χ1v) is 7.15. The molecule has 22 heavy (non-hydrogen) atoms. The minimum Gasteiger partial charge on any atom is -0.423 e. The molecular formula is C13H16BN8-. The predicted molar refractivity (Wildman–Crippen MR) is 82.2 cm³/mol. The highest BCUT2D eigenvalue weighted by molar-refractivity contribution is 6.71. The Balaban J connectivity index is 2.03. The molecule has 9 heteroatoms. The lowest BCUT2D eigenvalue weighted by atomic mass is 9.74. The fourth-order valence-electron chi connectivity index (χ4n) is 3.08. The smallest absolute Gasteiger partial charge is 0.423 e. The van der Waals surface area contributed by atoms with Crippen molar-refractivity contribution < 1.29 is 0 Å². The van der Waals surface area contributed by atoms with E-state index in [1.54, 1.807) is 18.6 Å². The molecule has 4 rings (SSSR count). The van der Waals surface area contributed by atoms with Gasteiger partial charge in [-0.15, -0.1) is 0 Å². The van der Waals surface area contributed by atoms with Gasteiger partial charge in [-0.25, -0.2) is 15.3 Å². The summed E-state index contributed by atoms with van der Waals surface area (Å²) >= 11 is 0. The third kappa shape index (κ3) is 1.66. The van der Waals surface area contributed by atoms with Crippen LogP contribution in [0, 0.1) is 0 Å². The van der Waals surface area contributed by atoms with Gasteiger partial charge >= 0.3 is 6.69 Å². The molecule has 112 valence electrons. The van der Waals surface area contributed by atoms with Gasteiger partial charge in [0.1, 0.15) is 0 Å². The molecule has 0 saturated heterocycles. The van der Waals surface area contributed by atoms with Crippen LogP contribution in [0.15, 0.2) is 67.7 Å². The van der Waals surface area contributed by atoms with Gasteiger partial charge < -0.3 is 18.7 Å². The van der Waals surface area contributed by atoms with Crippen molar-refractivity contribution in [2.24, 2.45) is 0 Å². The maximum atomic E-state index is 4.50. The van der Waals surface area contributed by atoms with Crippen LogP contribution < -0.4 is 0 Å². The third-order valence-electron chi connectivity index (χ3n) is 4.02. The monoisotopic (exact) mass is 295 g/mol. The van der Waals surface area contributed by atoms with E-state index < -0.39 is 6.69 Å². The number of hydrazine groups is 1. The molecule has 0 saturated carbocycles. The number of aromatic nitrogens is 6. The van der Waals surface area contributed by atoms with Crippen LogP contribution >= 0.6 is 0 Å². The zero-order chi connectivity index (χ0) is 15.0. The van der Waals surface area contributed by atoms with E-state index >= 15 is 0 Å². The van der Waals surface area contributed by atoms with Gasteiger partial charge in [0.15, 0.2) is 0 Å². The number of likely N-dealkylation sites (N-methyl/N-ethyl adjacent to an activating group) is 1. The second-order valence-electron chi connectivity index (χ2n) is 5.26. The largest absolute Gasteiger partial charge is 0.460 e. The van der Waals surface area contributed by atoms with Gasteiger partial charge in [0, 0.05) is 32.2 Å². The predicted octanol–water partition coefficient (Wildman–Crippen LogP) is 0.332. The van der Waals surface area contributed by atoms with E-state index in [0.717, 1.165) is 6.54 Å². The maximum absolute atomic E-state index is 4.50. The third-order valence-corrected chi connectivity index (χ3v) is 4.02. The molecule has 4 heterocycles. The van der Waals surface area contributed by atoms with Crippen LogP contribution in [0.4, 0.5) is 0 Å². The molecule has 8 nitrogen and oxygen atoms in total. The molecular weight excluding hydrogens is 279 g/mol. The first-order valence-electron chi connectivity index (χ1n) is 7.15. The molecule has 0 radical (unpaired) electrons. The Labute approximate surface area is 127 Å². The van der Waals surface area contributed by atoms with E-state index in [1.165, 1.54) is 0 Å². The first kappa shape index (κ1) is 12.9. The normalized spacial score (nSPS) is 15.8. The van der Waals surface area contributed by atoms with Gasteiger partial charge in [-0.3, -0.25) is 5.01 Å². The molecule has 0 atom stereocenters. The number of rotatable bonds is 4. The SMILES string of the molecule is CN1CC=CN1[B-](n1cccn1)(n1cccn1)n1cccn1. The second kappa shape index (κ2) is 4.88. The van der Waals surface area contributed by atoms with Gasteiger partial charge in [-0.05, 0) is 43.0 Å². The summed E-state index contributed by atoms with van der Waals surface area (Å²) < 4.78 is 5.68. The fourth-order valence-corrected chi connectivity index (χ4v) is 3.08. The molecule has 0 aliphatic carbocycles. The summed E-state index contributed by atoms with van der Waals surface area (Å²) in [6.07, 6.45) is 15.3. The average molecular weight is 295 g/mol. The van der Waals surface area contributed by atoms with Crippen LogP contribution in [-0.4, -0.2) is 59.3 Å². The summed E-state index contributed by atoms with van der Waals surface area (Å²) in [5, 5.41) is 15.6. The second-order valence-corrected chi connectivity index (χ2v) is 5.26. The van der Waals surface area contributed by atoms with Gasteiger partial charge in [-0.1, -0.05) is 6.08 Å². The lowest BCUT2D eigenvalue weighted by Crippen LogP contribution is -2.71. The van der Waals surface area contributed by atoms with Crippen LogP contribution in [0.25, 0.3) is 0 Å². The van der Waals surface area contributed by atoms with Gasteiger partial charge in [0.25, 0.3) is 0 Å². The van der Waals surface area contributed by atoms with Gasteiger partial charge in [0.05, 0.1) is 0 Å². The quantitative estimate of drug-likeness (QED) is 0.649. The zero-order valence-corrected chi connectivity index (χ0v) is 12.2. The number of hydrogen-bond acceptors (Lipinski definition) is 5. The molecule has 0 N–H and O–H groups in total. The highest BCUT2D eigenvalue weighted by Crippen LogP contribution is 2.21. The summed E-state index contributed by atoms with van der Waals surface area (Å²) in [4.78, 5) is 2.12. The van der Waals surface area contributed by atoms with Crippen molar-refractivity contribution in [1.29, 1.82) is 0 Å². The lowest BCUT2D eigenvalue weighted by molar-refractivity contribution is 0.154. The van der Waals surface area contributed by atoms with Gasteiger partial charge in [-0.2, -0.15) is 0 Å². The van der Waals surface area contributed by atoms with Crippen molar-refractivity contribution in [1.82, 2.24) is 39.0 Å². The van der Waals surface area contributed by atoms with Crippen LogP contribution in [0.3, 0.4) is 0 Å². The Bertz CT molecular complexity index is 662. The Hall–Kier alpha value is -2.81. The maximum Gasteiger partial charge on any atom is 0.460 e. The highest BCUT2D eigenvalue weighted by Gasteiger charge is 2.43. The van der Waals surface area contributed by atoms with Crippen LogP contribution in [-0.2, 0) is 0 Å². The topological polar surface area (TPSA) is 59.9 Å². The summed E-state index contributed by atoms with van der Waals surface area (Å²) in [6, 6.07) is 5.72. The Kier molecular flexibility index (Phi) is 2.86. The van der Waals surface area contributed by atoms with E-state index in [1.807, 2.05) is 63.8 Å². The van der Waals surface area contributed by atoms with E-state index in [-0.39, 0.29) is 0 Å². The highest BCUT2D eigenvalue weighted by atomic mass is 15.7. The molecule has 1 aliphatic heterocycles. The molecule has 3 aromatic heterocycles. The Morgan fingerprint density at radius 2 is 1.32 bits per heavy atom. The van der Waals surface area contributed by atoms with Crippen LogP contribution in [0.1, 0.15) is 0 Å². The van der Waals surface area contributed by atoms with Crippen molar-refractivity contribution in [2.75, 3.05) is 13.6 Å². The van der Waals surface area contributed by atoms with Crippen LogP contribution in [0.5, 0.6) is 0 Å². The Morgan fingerprint density at radius 1 is 0.818 bits per heavy atom. The van der Waals surface area contributed by atoms with Crippen LogP contribution in [0.2, 0.25) is 0 Å². The van der Waals surface area contributed by atoms with E-state index in [0.29, 0.717) is 0 Å². The number of nitrogens with zero attached hydrogens (tertiary/aromatic N) is 8. The number of hydrogen-bond donors (Lipinski definition) is 0. The molecule has 0 amide bonds. The van der Waals surface area contributed by atoms with Crippen molar-refractivity contribution in [2.45, 2.75) is 0 Å². The summed E-state index contributed by atoms with van der Waals surface area (Å²) in [5.41, 5.74) is 0. The molecule has 0 spiro atoms. The molecule has 0 bridgehead atoms. The molecule has 3 aromatic rings. The van der Waals surface area contributed by atoms with E-state index in [9.17, 15) is 0 Å². The fraction of sp³-hybridized carbons (Fsp3) is 0.154. The van der Waals surface area contributed by atoms with Crippen molar-refractivity contribution in [3.05, 3.63) is 67.7 Å². The molecule has 1 aliphatic rings. The summed E-state index contributed by atoms with van der Waals surface area (Å²) in [7, 11) is 2.03. The lowest BCUT2D eigenvalue weighted by Gasteiger charge is -2.51.